The molecule has 0 spiro atoms. The quantitative estimate of drug-likeness (QED) is 0.399. The number of ether oxygens (including phenoxy) is 1. The van der Waals surface area contributed by atoms with Crippen molar-refractivity contribution < 1.29 is 4.74 Å². The molecular weight excluding hydrogens is 447 g/mol. The Balaban J connectivity index is 0.00000243. The van der Waals surface area contributed by atoms with Crippen molar-refractivity contribution in [1.82, 2.24) is 24.6 Å². The molecule has 3 heterocycles. The summed E-state index contributed by atoms with van der Waals surface area (Å²) in [4.78, 5) is 17.3. The number of halogens is 1. The second-order valence-electron chi connectivity index (χ2n) is 5.89. The van der Waals surface area contributed by atoms with Gasteiger partial charge in [0, 0.05) is 45.6 Å². The van der Waals surface area contributed by atoms with Gasteiger partial charge in [-0.05, 0) is 13.0 Å². The number of nitrogens with two attached hydrogens (primary N) is 1. The van der Waals surface area contributed by atoms with Gasteiger partial charge in [0.25, 0.3) is 0 Å². The Morgan fingerprint density at radius 3 is 2.50 bits per heavy atom. The van der Waals surface area contributed by atoms with Gasteiger partial charge < -0.3 is 20.3 Å². The van der Waals surface area contributed by atoms with E-state index in [-0.39, 0.29) is 24.0 Å². The van der Waals surface area contributed by atoms with Gasteiger partial charge in [0.05, 0.1) is 24.9 Å². The molecule has 1 saturated heterocycles. The molecule has 2 aromatic heterocycles. The van der Waals surface area contributed by atoms with Crippen LogP contribution in [0, 0.1) is 6.92 Å². The highest BCUT2D eigenvalue weighted by Crippen LogP contribution is 2.21. The first-order valence-electron chi connectivity index (χ1n) is 8.23. The molecule has 9 nitrogen and oxygen atoms in total. The van der Waals surface area contributed by atoms with Gasteiger partial charge in [-0.25, -0.2) is 19.6 Å². The van der Waals surface area contributed by atoms with Crippen LogP contribution in [-0.4, -0.2) is 63.9 Å². The number of aromatic nitrogens is 4. The van der Waals surface area contributed by atoms with Crippen LogP contribution >= 0.6 is 24.0 Å². The number of piperazine rings is 1. The lowest BCUT2D eigenvalue weighted by Crippen LogP contribution is -2.51. The standard InChI is InChI=1S/C16H24N8O.HI/c1-12-13(14(25-3)22(2)21-12)11-20-15(17)23-7-9-24(10-8-23)16-18-5-4-6-19-16;/h4-6H,7-11H2,1-3H3,(H2,17,20);1H. The van der Waals surface area contributed by atoms with Crippen molar-refractivity contribution in [3.05, 3.63) is 29.7 Å². The Morgan fingerprint density at radius 1 is 1.23 bits per heavy atom. The van der Waals surface area contributed by atoms with E-state index >= 15 is 0 Å². The number of nitrogens with zero attached hydrogens (tertiary/aromatic N) is 7. The second kappa shape index (κ2) is 9.01. The van der Waals surface area contributed by atoms with Crippen LogP contribution in [0.25, 0.3) is 0 Å². The fourth-order valence-corrected chi connectivity index (χ4v) is 2.97. The highest BCUT2D eigenvalue weighted by atomic mass is 127. The van der Waals surface area contributed by atoms with E-state index in [1.165, 1.54) is 0 Å². The minimum absolute atomic E-state index is 0. The van der Waals surface area contributed by atoms with Gasteiger partial charge in [-0.15, -0.1) is 24.0 Å². The first-order chi connectivity index (χ1) is 12.1. The normalized spacial score (nSPS) is 15.0. The van der Waals surface area contributed by atoms with Gasteiger partial charge in [0.15, 0.2) is 5.96 Å². The van der Waals surface area contributed by atoms with Crippen molar-refractivity contribution in [2.45, 2.75) is 13.5 Å². The van der Waals surface area contributed by atoms with Crippen LogP contribution in [0.2, 0.25) is 0 Å². The van der Waals surface area contributed by atoms with E-state index in [9.17, 15) is 0 Å². The summed E-state index contributed by atoms with van der Waals surface area (Å²) < 4.78 is 7.11. The third kappa shape index (κ3) is 4.34. The monoisotopic (exact) mass is 472 g/mol. The third-order valence-corrected chi connectivity index (χ3v) is 4.32. The molecule has 1 fully saturated rings. The van der Waals surface area contributed by atoms with Gasteiger partial charge in [0.1, 0.15) is 0 Å². The molecule has 142 valence electrons. The molecule has 1 aliphatic heterocycles. The van der Waals surface area contributed by atoms with Crippen LogP contribution in [0.5, 0.6) is 5.88 Å². The van der Waals surface area contributed by atoms with Crippen LogP contribution < -0.4 is 15.4 Å². The van der Waals surface area contributed by atoms with Crippen molar-refractivity contribution in [2.75, 3.05) is 38.2 Å². The molecule has 2 N–H and O–H groups in total. The Kier molecular flexibility index (Phi) is 7.00. The Hall–Kier alpha value is -2.11. The fourth-order valence-electron chi connectivity index (χ4n) is 2.97. The van der Waals surface area contributed by atoms with Gasteiger partial charge in [-0.1, -0.05) is 0 Å². The van der Waals surface area contributed by atoms with Gasteiger partial charge in [0.2, 0.25) is 11.8 Å². The van der Waals surface area contributed by atoms with Gasteiger partial charge in [-0.3, -0.25) is 0 Å². The lowest BCUT2D eigenvalue weighted by molar-refractivity contribution is 0.368. The van der Waals surface area contributed by atoms with Crippen molar-refractivity contribution in [3.63, 3.8) is 0 Å². The number of guanidine groups is 1. The highest BCUT2D eigenvalue weighted by Gasteiger charge is 2.20. The highest BCUT2D eigenvalue weighted by molar-refractivity contribution is 14.0. The van der Waals surface area contributed by atoms with Crippen LogP contribution in [0.1, 0.15) is 11.3 Å². The van der Waals surface area contributed by atoms with Crippen molar-refractivity contribution in [3.8, 4) is 5.88 Å². The summed E-state index contributed by atoms with van der Waals surface area (Å²) in [6.45, 7) is 5.61. The zero-order chi connectivity index (χ0) is 17.8. The zero-order valence-electron chi connectivity index (χ0n) is 15.3. The lowest BCUT2D eigenvalue weighted by atomic mass is 10.2. The Labute approximate surface area is 170 Å². The van der Waals surface area contributed by atoms with E-state index < -0.39 is 0 Å². The fraction of sp³-hybridized carbons (Fsp3) is 0.500. The van der Waals surface area contributed by atoms with E-state index in [1.54, 1.807) is 24.2 Å². The predicted octanol–water partition coefficient (Wildman–Crippen LogP) is 0.782. The minimum atomic E-state index is 0. The summed E-state index contributed by atoms with van der Waals surface area (Å²) >= 11 is 0. The summed E-state index contributed by atoms with van der Waals surface area (Å²) in [5.74, 6) is 2.02. The summed E-state index contributed by atoms with van der Waals surface area (Å²) in [5, 5.41) is 4.36. The maximum Gasteiger partial charge on any atom is 0.225 e. The summed E-state index contributed by atoms with van der Waals surface area (Å²) in [7, 11) is 3.49. The van der Waals surface area contributed by atoms with Crippen LogP contribution in [0.4, 0.5) is 5.95 Å². The molecule has 0 amide bonds. The number of aliphatic imine (C=N–C) groups is 1. The SMILES string of the molecule is COc1c(CN=C(N)N2CCN(c3ncccn3)CC2)c(C)nn1C.I. The van der Waals surface area contributed by atoms with E-state index in [4.69, 9.17) is 10.5 Å². The van der Waals surface area contributed by atoms with Crippen molar-refractivity contribution in [1.29, 1.82) is 0 Å². The van der Waals surface area contributed by atoms with Gasteiger partial charge in [-0.2, -0.15) is 5.10 Å². The predicted molar refractivity (Wildman–Crippen MR) is 111 cm³/mol. The third-order valence-electron chi connectivity index (χ3n) is 4.32. The topological polar surface area (TPSA) is 97.7 Å². The Morgan fingerprint density at radius 2 is 1.88 bits per heavy atom. The van der Waals surface area contributed by atoms with Gasteiger partial charge >= 0.3 is 0 Å². The number of anilines is 1. The lowest BCUT2D eigenvalue weighted by Gasteiger charge is -2.35. The molecule has 26 heavy (non-hydrogen) atoms. The molecule has 0 bridgehead atoms. The molecule has 1 aliphatic rings. The maximum absolute atomic E-state index is 6.19. The molecule has 0 saturated carbocycles. The number of hydrogen-bond donors (Lipinski definition) is 1. The molecule has 0 radical (unpaired) electrons. The summed E-state index contributed by atoms with van der Waals surface area (Å²) in [6.07, 6.45) is 3.52. The number of rotatable bonds is 4. The number of methoxy groups -OCH3 is 1. The summed E-state index contributed by atoms with van der Waals surface area (Å²) in [6, 6.07) is 1.82. The molecule has 2 aromatic rings. The number of aryl methyl sites for hydroxylation is 2. The van der Waals surface area contributed by atoms with Crippen molar-refractivity contribution in [2.24, 2.45) is 17.8 Å². The summed E-state index contributed by atoms with van der Waals surface area (Å²) in [5.41, 5.74) is 8.05. The smallest absolute Gasteiger partial charge is 0.225 e. The van der Waals surface area contributed by atoms with E-state index in [0.717, 1.165) is 49.3 Å². The maximum atomic E-state index is 6.19. The molecule has 0 aliphatic carbocycles. The molecule has 10 heteroatoms. The Bertz CT molecular complexity index is 740. The van der Waals surface area contributed by atoms with E-state index in [1.807, 2.05) is 20.0 Å². The largest absolute Gasteiger partial charge is 0.481 e. The molecule has 0 aromatic carbocycles. The first-order valence-corrected chi connectivity index (χ1v) is 8.23. The second-order valence-corrected chi connectivity index (χ2v) is 5.89. The molecule has 0 atom stereocenters. The molecular formula is C16H25IN8O. The zero-order valence-corrected chi connectivity index (χ0v) is 17.6. The van der Waals surface area contributed by atoms with Crippen LogP contribution in [-0.2, 0) is 13.6 Å². The van der Waals surface area contributed by atoms with Crippen molar-refractivity contribution >= 4 is 35.9 Å². The van der Waals surface area contributed by atoms with Crippen LogP contribution in [0.15, 0.2) is 23.5 Å². The van der Waals surface area contributed by atoms with E-state index in [0.29, 0.717) is 12.5 Å². The first kappa shape index (κ1) is 20.2. The minimum Gasteiger partial charge on any atom is -0.481 e. The van der Waals surface area contributed by atoms with E-state index in [2.05, 4.69) is 29.9 Å². The number of hydrogen-bond acceptors (Lipinski definition) is 6. The molecule has 3 rings (SSSR count). The average Bonchev–Trinajstić information content (AvgIpc) is 2.93. The average molecular weight is 472 g/mol. The molecule has 0 unspecified atom stereocenters. The van der Waals surface area contributed by atoms with Crippen LogP contribution in [0.3, 0.4) is 0 Å².